The topological polar surface area (TPSA) is 45.2 Å². The van der Waals surface area contributed by atoms with Crippen LogP contribution in [-0.4, -0.2) is 43.0 Å². The summed E-state index contributed by atoms with van der Waals surface area (Å²) in [6.45, 7) is 1.85. The third-order valence-corrected chi connectivity index (χ3v) is 4.18. The fourth-order valence-corrected chi connectivity index (χ4v) is 3.12. The summed E-state index contributed by atoms with van der Waals surface area (Å²) in [6.07, 6.45) is 8.79. The maximum atomic E-state index is 12.5. The van der Waals surface area contributed by atoms with Crippen molar-refractivity contribution in [1.82, 2.24) is 15.2 Å². The molecule has 0 spiro atoms. The Balaban J connectivity index is 1.96. The Hall–Kier alpha value is -1.42. The summed E-state index contributed by atoms with van der Waals surface area (Å²) in [5.74, 6) is 0.274. The summed E-state index contributed by atoms with van der Waals surface area (Å²) in [5.41, 5.74) is 1.05. The van der Waals surface area contributed by atoms with E-state index in [1.807, 2.05) is 26.4 Å². The Labute approximate surface area is 121 Å². The maximum Gasteiger partial charge on any atom is 0.229 e. The molecule has 0 saturated carbocycles. The van der Waals surface area contributed by atoms with Gasteiger partial charge in [0.1, 0.15) is 0 Å². The normalized spacial score (nSPS) is 22.5. The van der Waals surface area contributed by atoms with E-state index in [9.17, 15) is 4.79 Å². The average Bonchev–Trinajstić information content (AvgIpc) is 2.48. The van der Waals surface area contributed by atoms with Crippen LogP contribution >= 0.6 is 0 Å². The fraction of sp³-hybridized carbons (Fsp3) is 0.625. The van der Waals surface area contributed by atoms with Crippen LogP contribution in [0, 0.1) is 5.41 Å². The summed E-state index contributed by atoms with van der Waals surface area (Å²) in [6, 6.07) is 4.07. The number of piperidine rings is 1. The van der Waals surface area contributed by atoms with Gasteiger partial charge in [-0.2, -0.15) is 0 Å². The monoisotopic (exact) mass is 275 g/mol. The number of nitrogens with zero attached hydrogens (tertiary/aromatic N) is 2. The predicted octanol–water partition coefficient (Wildman–Crippen LogP) is 1.86. The van der Waals surface area contributed by atoms with Crippen molar-refractivity contribution in [3.8, 4) is 0 Å². The van der Waals surface area contributed by atoms with Gasteiger partial charge in [-0.25, -0.2) is 0 Å². The van der Waals surface area contributed by atoms with Crippen molar-refractivity contribution in [3.05, 3.63) is 30.1 Å². The van der Waals surface area contributed by atoms with Gasteiger partial charge in [0.25, 0.3) is 0 Å². The number of amides is 1. The van der Waals surface area contributed by atoms with Crippen LogP contribution < -0.4 is 5.32 Å². The number of aryl methyl sites for hydroxylation is 1. The third kappa shape index (κ3) is 3.57. The molecule has 20 heavy (non-hydrogen) atoms. The molecule has 0 bridgehead atoms. The van der Waals surface area contributed by atoms with Crippen LogP contribution in [0.15, 0.2) is 24.5 Å². The Morgan fingerprint density at radius 2 is 2.35 bits per heavy atom. The Morgan fingerprint density at radius 3 is 2.95 bits per heavy atom. The first-order valence-corrected chi connectivity index (χ1v) is 7.45. The van der Waals surface area contributed by atoms with Crippen molar-refractivity contribution >= 4 is 5.91 Å². The SMILES string of the molecule is CN(C)C(=O)C1(CCCc2cccnc2)CCCNC1. The second kappa shape index (κ2) is 6.84. The Morgan fingerprint density at radius 1 is 1.50 bits per heavy atom. The van der Waals surface area contributed by atoms with Gasteiger partial charge in [0, 0.05) is 33.0 Å². The van der Waals surface area contributed by atoms with Crippen LogP contribution in [-0.2, 0) is 11.2 Å². The first kappa shape index (κ1) is 15.0. The maximum absolute atomic E-state index is 12.5. The largest absolute Gasteiger partial charge is 0.348 e. The lowest BCUT2D eigenvalue weighted by Gasteiger charge is -2.38. The summed E-state index contributed by atoms with van der Waals surface area (Å²) in [4.78, 5) is 18.4. The molecule has 1 N–H and O–H groups in total. The number of hydrogen-bond donors (Lipinski definition) is 1. The van der Waals surface area contributed by atoms with Crippen LogP contribution in [0.3, 0.4) is 0 Å². The number of rotatable bonds is 5. The van der Waals surface area contributed by atoms with E-state index in [0.717, 1.165) is 45.2 Å². The van der Waals surface area contributed by atoms with E-state index < -0.39 is 0 Å². The average molecular weight is 275 g/mol. The second-order valence-corrected chi connectivity index (χ2v) is 5.98. The molecule has 1 aliphatic heterocycles. The molecule has 4 heteroatoms. The van der Waals surface area contributed by atoms with Crippen LogP contribution in [0.1, 0.15) is 31.2 Å². The van der Waals surface area contributed by atoms with Gasteiger partial charge in [-0.1, -0.05) is 6.07 Å². The molecular weight excluding hydrogens is 250 g/mol. The second-order valence-electron chi connectivity index (χ2n) is 5.98. The first-order chi connectivity index (χ1) is 9.64. The highest BCUT2D eigenvalue weighted by Crippen LogP contribution is 2.33. The van der Waals surface area contributed by atoms with Gasteiger partial charge in [-0.15, -0.1) is 0 Å². The Kier molecular flexibility index (Phi) is 5.12. The van der Waals surface area contributed by atoms with Gasteiger partial charge in [0.05, 0.1) is 5.41 Å². The van der Waals surface area contributed by atoms with Gasteiger partial charge >= 0.3 is 0 Å². The molecular formula is C16H25N3O. The lowest BCUT2D eigenvalue weighted by atomic mass is 9.75. The number of nitrogens with one attached hydrogen (secondary N) is 1. The van der Waals surface area contributed by atoms with Gasteiger partial charge in [0.15, 0.2) is 0 Å². The lowest BCUT2D eigenvalue weighted by Crippen LogP contribution is -2.50. The minimum atomic E-state index is -0.204. The van der Waals surface area contributed by atoms with Gasteiger partial charge in [-0.05, 0) is 50.3 Å². The summed E-state index contributed by atoms with van der Waals surface area (Å²) in [5, 5.41) is 3.40. The number of carbonyl (C=O) groups is 1. The molecule has 1 amide bonds. The van der Waals surface area contributed by atoms with E-state index in [-0.39, 0.29) is 11.3 Å². The highest BCUT2D eigenvalue weighted by Gasteiger charge is 2.39. The fourth-order valence-electron chi connectivity index (χ4n) is 3.12. The highest BCUT2D eigenvalue weighted by atomic mass is 16.2. The summed E-state index contributed by atoms with van der Waals surface area (Å²) >= 11 is 0. The van der Waals surface area contributed by atoms with Crippen molar-refractivity contribution in [1.29, 1.82) is 0 Å². The molecule has 2 heterocycles. The summed E-state index contributed by atoms with van der Waals surface area (Å²) < 4.78 is 0. The third-order valence-electron chi connectivity index (χ3n) is 4.18. The van der Waals surface area contributed by atoms with Crippen molar-refractivity contribution in [2.45, 2.75) is 32.1 Å². The molecule has 1 atom stereocenters. The number of aromatic nitrogens is 1. The van der Waals surface area contributed by atoms with E-state index in [1.54, 1.807) is 11.1 Å². The molecule has 1 fully saturated rings. The standard InChI is InChI=1S/C16H25N3O/c1-19(2)15(20)16(9-5-11-18-13-16)8-3-6-14-7-4-10-17-12-14/h4,7,10,12,18H,3,5-6,8-9,11,13H2,1-2H3. The minimum absolute atomic E-state index is 0.204. The zero-order valence-electron chi connectivity index (χ0n) is 12.6. The molecule has 2 rings (SSSR count). The van der Waals surface area contributed by atoms with Gasteiger partial charge in [-0.3, -0.25) is 9.78 Å². The smallest absolute Gasteiger partial charge is 0.229 e. The zero-order chi connectivity index (χ0) is 14.4. The van der Waals surface area contributed by atoms with Crippen molar-refractivity contribution in [2.24, 2.45) is 5.41 Å². The molecule has 1 aromatic heterocycles. The molecule has 0 aliphatic carbocycles. The Bertz CT molecular complexity index is 425. The summed E-state index contributed by atoms with van der Waals surface area (Å²) in [7, 11) is 3.72. The molecule has 1 aromatic rings. The number of pyridine rings is 1. The number of carbonyl (C=O) groups excluding carboxylic acids is 1. The van der Waals surface area contributed by atoms with Crippen LogP contribution in [0.4, 0.5) is 0 Å². The molecule has 0 radical (unpaired) electrons. The lowest BCUT2D eigenvalue weighted by molar-refractivity contribution is -0.141. The minimum Gasteiger partial charge on any atom is -0.348 e. The van der Waals surface area contributed by atoms with E-state index in [1.165, 1.54) is 5.56 Å². The molecule has 1 aliphatic rings. The van der Waals surface area contributed by atoms with Gasteiger partial charge < -0.3 is 10.2 Å². The zero-order valence-corrected chi connectivity index (χ0v) is 12.6. The van der Waals surface area contributed by atoms with E-state index >= 15 is 0 Å². The molecule has 0 aromatic carbocycles. The van der Waals surface area contributed by atoms with E-state index in [0.29, 0.717) is 0 Å². The van der Waals surface area contributed by atoms with Crippen molar-refractivity contribution in [2.75, 3.05) is 27.2 Å². The molecule has 1 unspecified atom stereocenters. The van der Waals surface area contributed by atoms with Crippen molar-refractivity contribution < 1.29 is 4.79 Å². The molecule has 110 valence electrons. The highest BCUT2D eigenvalue weighted by molar-refractivity contribution is 5.82. The van der Waals surface area contributed by atoms with E-state index in [4.69, 9.17) is 0 Å². The van der Waals surface area contributed by atoms with Crippen LogP contribution in [0.25, 0.3) is 0 Å². The van der Waals surface area contributed by atoms with E-state index in [2.05, 4.69) is 16.4 Å². The molecule has 1 saturated heterocycles. The first-order valence-electron chi connectivity index (χ1n) is 7.45. The quantitative estimate of drug-likeness (QED) is 0.892. The molecule has 4 nitrogen and oxygen atoms in total. The predicted molar refractivity (Wildman–Crippen MR) is 80.4 cm³/mol. The van der Waals surface area contributed by atoms with Crippen LogP contribution in [0.5, 0.6) is 0 Å². The number of hydrogen-bond acceptors (Lipinski definition) is 3. The van der Waals surface area contributed by atoms with Gasteiger partial charge in [0.2, 0.25) is 5.91 Å². The van der Waals surface area contributed by atoms with Crippen molar-refractivity contribution in [3.63, 3.8) is 0 Å². The van der Waals surface area contributed by atoms with Crippen LogP contribution in [0.2, 0.25) is 0 Å².